The summed E-state index contributed by atoms with van der Waals surface area (Å²) >= 11 is 11.8. The first-order valence-electron chi connectivity index (χ1n) is 6.44. The maximum Gasteiger partial charge on any atom is 0.262 e. The van der Waals surface area contributed by atoms with Gasteiger partial charge in [-0.3, -0.25) is 9.59 Å². The van der Waals surface area contributed by atoms with Gasteiger partial charge in [0.25, 0.3) is 5.91 Å². The van der Waals surface area contributed by atoms with Gasteiger partial charge in [-0.25, -0.2) is 0 Å². The minimum atomic E-state index is -0.364. The zero-order valence-corrected chi connectivity index (χ0v) is 13.2. The van der Waals surface area contributed by atoms with Gasteiger partial charge < -0.3 is 10.1 Å². The molecular weight excluding hydrogens is 325 g/mol. The minimum Gasteiger partial charge on any atom is -0.482 e. The zero-order valence-electron chi connectivity index (χ0n) is 11.7. The van der Waals surface area contributed by atoms with E-state index in [1.54, 1.807) is 36.4 Å². The summed E-state index contributed by atoms with van der Waals surface area (Å²) in [5, 5.41) is 3.49. The van der Waals surface area contributed by atoms with Crippen LogP contribution < -0.4 is 10.1 Å². The average Bonchev–Trinajstić information content (AvgIpc) is 2.48. The number of carbonyl (C=O) groups is 2. The van der Waals surface area contributed by atoms with Gasteiger partial charge >= 0.3 is 0 Å². The first-order chi connectivity index (χ1) is 10.5. The van der Waals surface area contributed by atoms with Crippen molar-refractivity contribution < 1.29 is 14.3 Å². The Morgan fingerprint density at radius 1 is 1.14 bits per heavy atom. The number of nitrogens with one attached hydrogen (secondary N) is 1. The smallest absolute Gasteiger partial charge is 0.262 e. The van der Waals surface area contributed by atoms with Gasteiger partial charge in [-0.15, -0.1) is 0 Å². The standard InChI is InChI=1S/C16H13Cl2NO3/c1-10(20)11-3-2-4-13(7-11)19-16(21)9-22-15-8-12(17)5-6-14(15)18/h2-8H,9H2,1H3,(H,19,21). The van der Waals surface area contributed by atoms with Gasteiger partial charge in [-0.2, -0.15) is 0 Å². The molecule has 22 heavy (non-hydrogen) atoms. The molecular formula is C16H13Cl2NO3. The van der Waals surface area contributed by atoms with Crippen molar-refractivity contribution in [3.63, 3.8) is 0 Å². The first-order valence-corrected chi connectivity index (χ1v) is 7.20. The normalized spacial score (nSPS) is 10.1. The number of hydrogen-bond donors (Lipinski definition) is 1. The molecule has 0 fully saturated rings. The monoisotopic (exact) mass is 337 g/mol. The third-order valence-electron chi connectivity index (χ3n) is 2.80. The number of anilines is 1. The fraction of sp³-hybridized carbons (Fsp3) is 0.125. The lowest BCUT2D eigenvalue weighted by atomic mass is 10.1. The van der Waals surface area contributed by atoms with Crippen molar-refractivity contribution in [3.05, 3.63) is 58.1 Å². The predicted octanol–water partition coefficient (Wildman–Crippen LogP) is 4.21. The summed E-state index contributed by atoms with van der Waals surface area (Å²) in [6.45, 7) is 1.25. The second-order valence-corrected chi connectivity index (χ2v) is 5.39. The lowest BCUT2D eigenvalue weighted by Crippen LogP contribution is -2.20. The fourth-order valence-electron chi connectivity index (χ4n) is 1.74. The number of carbonyl (C=O) groups excluding carboxylic acids is 2. The predicted molar refractivity (Wildman–Crippen MR) is 87.0 cm³/mol. The molecule has 0 saturated carbocycles. The van der Waals surface area contributed by atoms with Gasteiger partial charge in [-0.05, 0) is 31.2 Å². The van der Waals surface area contributed by atoms with Crippen molar-refractivity contribution in [2.45, 2.75) is 6.92 Å². The lowest BCUT2D eigenvalue weighted by Gasteiger charge is -2.09. The molecule has 0 unspecified atom stereocenters. The van der Waals surface area contributed by atoms with E-state index in [1.165, 1.54) is 13.0 Å². The summed E-state index contributed by atoms with van der Waals surface area (Å²) in [5.74, 6) is -0.100. The van der Waals surface area contributed by atoms with E-state index in [0.29, 0.717) is 27.0 Å². The van der Waals surface area contributed by atoms with Crippen LogP contribution in [0.4, 0.5) is 5.69 Å². The molecule has 0 aliphatic heterocycles. The molecule has 0 aliphatic rings. The molecule has 1 amide bonds. The molecule has 2 aromatic carbocycles. The highest BCUT2D eigenvalue weighted by molar-refractivity contribution is 6.34. The maximum atomic E-state index is 11.9. The van der Waals surface area contributed by atoms with Crippen molar-refractivity contribution in [1.29, 1.82) is 0 Å². The molecule has 0 saturated heterocycles. The van der Waals surface area contributed by atoms with E-state index < -0.39 is 0 Å². The highest BCUT2D eigenvalue weighted by Gasteiger charge is 2.08. The molecule has 0 radical (unpaired) electrons. The van der Waals surface area contributed by atoms with E-state index in [2.05, 4.69) is 5.32 Å². The quantitative estimate of drug-likeness (QED) is 0.831. The van der Waals surface area contributed by atoms with Crippen LogP contribution in [0.2, 0.25) is 10.0 Å². The largest absolute Gasteiger partial charge is 0.482 e. The summed E-state index contributed by atoms with van der Waals surface area (Å²) in [6, 6.07) is 11.4. The number of hydrogen-bond acceptors (Lipinski definition) is 3. The Balaban J connectivity index is 1.97. The number of benzene rings is 2. The minimum absolute atomic E-state index is 0.0712. The Kier molecular flexibility index (Phi) is 5.41. The Labute approximate surface area is 138 Å². The molecule has 0 spiro atoms. The molecule has 0 heterocycles. The molecule has 2 rings (SSSR count). The van der Waals surface area contributed by atoms with Crippen LogP contribution in [0.3, 0.4) is 0 Å². The van der Waals surface area contributed by atoms with Gasteiger partial charge in [0.2, 0.25) is 0 Å². The van der Waals surface area contributed by atoms with Gasteiger partial charge in [0.15, 0.2) is 12.4 Å². The van der Waals surface area contributed by atoms with Gasteiger partial charge in [0.1, 0.15) is 5.75 Å². The number of ketones is 1. The second-order valence-electron chi connectivity index (χ2n) is 4.55. The fourth-order valence-corrected chi connectivity index (χ4v) is 2.08. The van der Waals surface area contributed by atoms with E-state index in [9.17, 15) is 9.59 Å². The molecule has 0 aromatic heterocycles. The molecule has 0 bridgehead atoms. The Morgan fingerprint density at radius 3 is 2.64 bits per heavy atom. The topological polar surface area (TPSA) is 55.4 Å². The number of rotatable bonds is 5. The van der Waals surface area contributed by atoms with Crippen LogP contribution in [-0.2, 0) is 4.79 Å². The van der Waals surface area contributed by atoms with E-state index in [4.69, 9.17) is 27.9 Å². The van der Waals surface area contributed by atoms with E-state index in [1.807, 2.05) is 0 Å². The van der Waals surface area contributed by atoms with Crippen LogP contribution in [0.25, 0.3) is 0 Å². The van der Waals surface area contributed by atoms with Crippen LogP contribution in [-0.4, -0.2) is 18.3 Å². The third kappa shape index (κ3) is 4.48. The molecule has 0 atom stereocenters. The van der Waals surface area contributed by atoms with Crippen molar-refractivity contribution in [2.75, 3.05) is 11.9 Å². The van der Waals surface area contributed by atoms with Crippen LogP contribution in [0.15, 0.2) is 42.5 Å². The van der Waals surface area contributed by atoms with E-state index in [0.717, 1.165) is 0 Å². The zero-order chi connectivity index (χ0) is 16.1. The molecule has 6 heteroatoms. The Hall–Kier alpha value is -2.04. The average molecular weight is 338 g/mol. The van der Waals surface area contributed by atoms with Crippen LogP contribution in [0, 0.1) is 0 Å². The van der Waals surface area contributed by atoms with Gasteiger partial charge in [-0.1, -0.05) is 35.3 Å². The molecule has 114 valence electrons. The van der Waals surface area contributed by atoms with Crippen molar-refractivity contribution >= 4 is 40.6 Å². The number of halogens is 2. The van der Waals surface area contributed by atoms with Crippen LogP contribution >= 0.6 is 23.2 Å². The van der Waals surface area contributed by atoms with E-state index in [-0.39, 0.29) is 18.3 Å². The molecule has 0 aliphatic carbocycles. The highest BCUT2D eigenvalue weighted by Crippen LogP contribution is 2.27. The SMILES string of the molecule is CC(=O)c1cccc(NC(=O)COc2cc(Cl)ccc2Cl)c1. The summed E-state index contributed by atoms with van der Waals surface area (Å²) < 4.78 is 5.33. The highest BCUT2D eigenvalue weighted by atomic mass is 35.5. The van der Waals surface area contributed by atoms with Crippen molar-refractivity contribution in [2.24, 2.45) is 0 Å². The van der Waals surface area contributed by atoms with Crippen LogP contribution in [0.1, 0.15) is 17.3 Å². The molecule has 1 N–H and O–H groups in total. The number of Topliss-reactive ketones (excluding diaryl/α,β-unsaturated/α-hetero) is 1. The maximum absolute atomic E-state index is 11.9. The summed E-state index contributed by atoms with van der Waals surface area (Å²) in [5.41, 5.74) is 1.05. The summed E-state index contributed by atoms with van der Waals surface area (Å²) in [7, 11) is 0. The molecule has 4 nitrogen and oxygen atoms in total. The summed E-state index contributed by atoms with van der Waals surface area (Å²) in [6.07, 6.45) is 0. The summed E-state index contributed by atoms with van der Waals surface area (Å²) in [4.78, 5) is 23.2. The van der Waals surface area contributed by atoms with Crippen molar-refractivity contribution in [3.8, 4) is 5.75 Å². The van der Waals surface area contributed by atoms with Gasteiger partial charge in [0.05, 0.1) is 5.02 Å². The number of amides is 1. The first kappa shape index (κ1) is 16.3. The second kappa shape index (κ2) is 7.29. The van der Waals surface area contributed by atoms with Crippen molar-refractivity contribution in [1.82, 2.24) is 0 Å². The third-order valence-corrected chi connectivity index (χ3v) is 3.35. The van der Waals surface area contributed by atoms with E-state index >= 15 is 0 Å². The molecule has 2 aromatic rings. The number of ether oxygens (including phenoxy) is 1. The van der Waals surface area contributed by atoms with Crippen LogP contribution in [0.5, 0.6) is 5.75 Å². The Bertz CT molecular complexity index is 716. The Morgan fingerprint density at radius 2 is 1.91 bits per heavy atom. The lowest BCUT2D eigenvalue weighted by molar-refractivity contribution is -0.118. The van der Waals surface area contributed by atoms with Gasteiger partial charge in [0, 0.05) is 22.3 Å².